The molecule has 1 saturated heterocycles. The highest BCUT2D eigenvalue weighted by Gasteiger charge is 2.35. The van der Waals surface area contributed by atoms with Crippen molar-refractivity contribution < 1.29 is 4.79 Å². The molecule has 1 amide bonds. The average Bonchev–Trinajstić information content (AvgIpc) is 2.96. The summed E-state index contributed by atoms with van der Waals surface area (Å²) in [4.78, 5) is 27.5. The Morgan fingerprint density at radius 3 is 2.72 bits per heavy atom. The van der Waals surface area contributed by atoms with Gasteiger partial charge >= 0.3 is 0 Å². The Labute approximate surface area is 147 Å². The first-order valence-corrected chi connectivity index (χ1v) is 8.55. The molecular formula is C18H24N6O. The van der Waals surface area contributed by atoms with Gasteiger partial charge in [0.15, 0.2) is 5.82 Å². The summed E-state index contributed by atoms with van der Waals surface area (Å²) in [7, 11) is 0. The molecule has 3 heterocycles. The predicted octanol–water partition coefficient (Wildman–Crippen LogP) is 0.965. The molecule has 1 aliphatic rings. The molecule has 7 heteroatoms. The predicted molar refractivity (Wildman–Crippen MR) is 95.3 cm³/mol. The van der Waals surface area contributed by atoms with Crippen LogP contribution in [0, 0.1) is 0 Å². The Balaban J connectivity index is 1.69. The van der Waals surface area contributed by atoms with E-state index < -0.39 is 0 Å². The van der Waals surface area contributed by atoms with Crippen LogP contribution in [-0.2, 0) is 11.3 Å². The van der Waals surface area contributed by atoms with Crippen molar-refractivity contribution in [2.45, 2.75) is 44.9 Å². The van der Waals surface area contributed by atoms with E-state index in [-0.39, 0.29) is 24.0 Å². The molecule has 0 bridgehead atoms. The SMILES string of the molecule is CC(C)NC(=O)[C@@H]1C[C@@H](N)CN1Cc1cnc(-c2ccccn2)nc1. The summed E-state index contributed by atoms with van der Waals surface area (Å²) >= 11 is 0. The number of carbonyl (C=O) groups is 1. The Bertz CT molecular complexity index is 703. The molecule has 1 aliphatic heterocycles. The summed E-state index contributed by atoms with van der Waals surface area (Å²) in [5.41, 5.74) is 7.77. The molecule has 3 N–H and O–H groups in total. The van der Waals surface area contributed by atoms with Gasteiger partial charge in [0.2, 0.25) is 5.91 Å². The number of aromatic nitrogens is 3. The van der Waals surface area contributed by atoms with Gasteiger partial charge in [-0.1, -0.05) is 6.07 Å². The van der Waals surface area contributed by atoms with Crippen LogP contribution in [0.2, 0.25) is 0 Å². The van der Waals surface area contributed by atoms with Gasteiger partial charge < -0.3 is 11.1 Å². The number of hydrogen-bond acceptors (Lipinski definition) is 6. The molecule has 2 aromatic heterocycles. The topological polar surface area (TPSA) is 97.0 Å². The summed E-state index contributed by atoms with van der Waals surface area (Å²) in [6.07, 6.45) is 5.97. The van der Waals surface area contributed by atoms with E-state index in [1.807, 2.05) is 32.0 Å². The number of carbonyl (C=O) groups excluding carboxylic acids is 1. The first kappa shape index (κ1) is 17.4. The fraction of sp³-hybridized carbons (Fsp3) is 0.444. The summed E-state index contributed by atoms with van der Waals surface area (Å²) in [5.74, 6) is 0.630. The minimum atomic E-state index is -0.201. The molecule has 2 aromatic rings. The van der Waals surface area contributed by atoms with Crippen molar-refractivity contribution in [3.63, 3.8) is 0 Å². The Kier molecular flexibility index (Phi) is 5.35. The number of nitrogens with one attached hydrogen (secondary N) is 1. The summed E-state index contributed by atoms with van der Waals surface area (Å²) < 4.78 is 0. The van der Waals surface area contributed by atoms with E-state index in [2.05, 4.69) is 25.2 Å². The van der Waals surface area contributed by atoms with Crippen molar-refractivity contribution in [1.29, 1.82) is 0 Å². The zero-order valence-electron chi connectivity index (χ0n) is 14.6. The van der Waals surface area contributed by atoms with Crippen LogP contribution in [0.4, 0.5) is 0 Å². The zero-order chi connectivity index (χ0) is 17.8. The van der Waals surface area contributed by atoms with Gasteiger partial charge in [0.05, 0.1) is 6.04 Å². The Morgan fingerprint density at radius 1 is 1.32 bits per heavy atom. The van der Waals surface area contributed by atoms with Gasteiger partial charge in [0.25, 0.3) is 0 Å². The number of hydrogen-bond donors (Lipinski definition) is 2. The Morgan fingerprint density at radius 2 is 2.08 bits per heavy atom. The Hall–Kier alpha value is -2.38. The van der Waals surface area contributed by atoms with Crippen molar-refractivity contribution in [3.8, 4) is 11.5 Å². The number of amides is 1. The van der Waals surface area contributed by atoms with Crippen molar-refractivity contribution in [1.82, 2.24) is 25.2 Å². The number of pyridine rings is 1. The summed E-state index contributed by atoms with van der Waals surface area (Å²) in [6.45, 7) is 5.22. The van der Waals surface area contributed by atoms with Crippen LogP contribution in [0.1, 0.15) is 25.8 Å². The van der Waals surface area contributed by atoms with Crippen LogP contribution >= 0.6 is 0 Å². The lowest BCUT2D eigenvalue weighted by Crippen LogP contribution is -2.45. The highest BCUT2D eigenvalue weighted by Crippen LogP contribution is 2.20. The van der Waals surface area contributed by atoms with Gasteiger partial charge in [-0.2, -0.15) is 0 Å². The van der Waals surface area contributed by atoms with E-state index in [0.717, 1.165) is 11.3 Å². The highest BCUT2D eigenvalue weighted by molar-refractivity contribution is 5.82. The van der Waals surface area contributed by atoms with Crippen LogP contribution in [0.15, 0.2) is 36.8 Å². The van der Waals surface area contributed by atoms with Crippen LogP contribution in [0.25, 0.3) is 11.5 Å². The van der Waals surface area contributed by atoms with E-state index >= 15 is 0 Å². The molecule has 0 radical (unpaired) electrons. The first-order valence-electron chi connectivity index (χ1n) is 8.55. The number of nitrogens with zero attached hydrogens (tertiary/aromatic N) is 4. The molecule has 0 saturated carbocycles. The molecule has 0 unspecified atom stereocenters. The minimum Gasteiger partial charge on any atom is -0.353 e. The smallest absolute Gasteiger partial charge is 0.237 e. The maximum absolute atomic E-state index is 12.4. The molecule has 0 aliphatic carbocycles. The van der Waals surface area contributed by atoms with E-state index in [4.69, 9.17) is 5.73 Å². The molecule has 25 heavy (non-hydrogen) atoms. The van der Waals surface area contributed by atoms with Gasteiger partial charge in [-0.05, 0) is 32.4 Å². The first-order chi connectivity index (χ1) is 12.0. The molecule has 2 atom stereocenters. The van der Waals surface area contributed by atoms with Gasteiger partial charge in [-0.15, -0.1) is 0 Å². The van der Waals surface area contributed by atoms with Gasteiger partial charge in [0, 0.05) is 49.3 Å². The second-order valence-electron chi connectivity index (χ2n) is 6.73. The molecule has 7 nitrogen and oxygen atoms in total. The average molecular weight is 340 g/mol. The quantitative estimate of drug-likeness (QED) is 0.842. The maximum Gasteiger partial charge on any atom is 0.237 e. The van der Waals surface area contributed by atoms with E-state index in [1.165, 1.54) is 0 Å². The van der Waals surface area contributed by atoms with Crippen molar-refractivity contribution in [2.75, 3.05) is 6.54 Å². The van der Waals surface area contributed by atoms with Gasteiger partial charge in [0.1, 0.15) is 5.69 Å². The highest BCUT2D eigenvalue weighted by atomic mass is 16.2. The molecule has 3 rings (SSSR count). The largest absolute Gasteiger partial charge is 0.353 e. The van der Waals surface area contributed by atoms with Crippen LogP contribution in [0.5, 0.6) is 0 Å². The van der Waals surface area contributed by atoms with Crippen molar-refractivity contribution in [3.05, 3.63) is 42.4 Å². The van der Waals surface area contributed by atoms with E-state index in [0.29, 0.717) is 25.3 Å². The fourth-order valence-corrected chi connectivity index (χ4v) is 3.07. The number of rotatable bonds is 5. The van der Waals surface area contributed by atoms with Crippen molar-refractivity contribution in [2.24, 2.45) is 5.73 Å². The standard InChI is InChI=1S/C18H24N6O/c1-12(2)23-18(25)16-7-14(19)11-24(16)10-13-8-21-17(22-9-13)15-5-3-4-6-20-15/h3-6,8-9,12,14,16H,7,10-11,19H2,1-2H3,(H,23,25)/t14-,16+/m1/s1. The molecule has 0 spiro atoms. The van der Waals surface area contributed by atoms with Crippen LogP contribution < -0.4 is 11.1 Å². The third-order valence-electron chi connectivity index (χ3n) is 4.15. The minimum absolute atomic E-state index is 0.0108. The second kappa shape index (κ2) is 7.67. The molecular weight excluding hydrogens is 316 g/mol. The summed E-state index contributed by atoms with van der Waals surface area (Å²) in [5, 5.41) is 2.98. The second-order valence-corrected chi connectivity index (χ2v) is 6.73. The van der Waals surface area contributed by atoms with Gasteiger partial charge in [-0.3, -0.25) is 14.7 Å². The van der Waals surface area contributed by atoms with Crippen LogP contribution in [-0.4, -0.2) is 50.4 Å². The zero-order valence-corrected chi connectivity index (χ0v) is 14.6. The maximum atomic E-state index is 12.4. The normalized spacial score (nSPS) is 20.8. The fourth-order valence-electron chi connectivity index (χ4n) is 3.07. The third-order valence-corrected chi connectivity index (χ3v) is 4.15. The van der Waals surface area contributed by atoms with E-state index in [9.17, 15) is 4.79 Å². The van der Waals surface area contributed by atoms with Crippen LogP contribution in [0.3, 0.4) is 0 Å². The van der Waals surface area contributed by atoms with Gasteiger partial charge in [-0.25, -0.2) is 9.97 Å². The van der Waals surface area contributed by atoms with Crippen molar-refractivity contribution >= 4 is 5.91 Å². The lowest BCUT2D eigenvalue weighted by atomic mass is 10.1. The summed E-state index contributed by atoms with van der Waals surface area (Å²) in [6, 6.07) is 5.57. The number of likely N-dealkylation sites (tertiary alicyclic amines) is 1. The molecule has 132 valence electrons. The third kappa shape index (κ3) is 4.37. The molecule has 0 aromatic carbocycles. The molecule has 1 fully saturated rings. The monoisotopic (exact) mass is 340 g/mol. The lowest BCUT2D eigenvalue weighted by Gasteiger charge is -2.24. The lowest BCUT2D eigenvalue weighted by molar-refractivity contribution is -0.126. The van der Waals surface area contributed by atoms with E-state index in [1.54, 1.807) is 18.6 Å². The number of nitrogens with two attached hydrogens (primary N) is 1.